The fraction of sp³-hybridized carbons (Fsp3) is 0.400. The molecule has 2 aromatic carbocycles. The van der Waals surface area contributed by atoms with Gasteiger partial charge in [0, 0.05) is 59.5 Å². The van der Waals surface area contributed by atoms with Crippen molar-refractivity contribution in [1.82, 2.24) is 9.97 Å². The van der Waals surface area contributed by atoms with E-state index in [1.165, 1.54) is 36.9 Å². The van der Waals surface area contributed by atoms with Crippen LogP contribution < -0.4 is 9.80 Å². The van der Waals surface area contributed by atoms with E-state index in [2.05, 4.69) is 70.0 Å². The number of oxazole rings is 2. The Balaban J connectivity index is 0.000000265. The van der Waals surface area contributed by atoms with Gasteiger partial charge in [-0.15, -0.1) is 10.2 Å². The van der Waals surface area contributed by atoms with Gasteiger partial charge in [0.2, 0.25) is 0 Å². The molecule has 0 saturated heterocycles. The summed E-state index contributed by atoms with van der Waals surface area (Å²) in [6.07, 6.45) is 5.98. The molecule has 0 radical (unpaired) electrons. The van der Waals surface area contributed by atoms with Crippen molar-refractivity contribution in [2.75, 3.05) is 36.0 Å². The van der Waals surface area contributed by atoms with Crippen molar-refractivity contribution in [3.63, 3.8) is 0 Å². The second kappa shape index (κ2) is 17.1. The molecule has 1 aliphatic rings. The smallest absolute Gasteiger partial charge is 0.341 e. The molecule has 16 nitrogen and oxygen atoms in total. The molecule has 0 amide bonds. The van der Waals surface area contributed by atoms with Crippen molar-refractivity contribution in [2.24, 2.45) is 20.5 Å². The summed E-state index contributed by atoms with van der Waals surface area (Å²) in [6, 6.07) is 7.73. The number of rotatable bonds is 12. The fourth-order valence-corrected chi connectivity index (χ4v) is 6.74. The molecule has 20 heteroatoms. The molecule has 0 unspecified atom stereocenters. The van der Waals surface area contributed by atoms with Gasteiger partial charge in [0.25, 0.3) is 20.2 Å². The van der Waals surface area contributed by atoms with Gasteiger partial charge >= 0.3 is 12.0 Å². The number of halogens is 1. The predicted octanol–water partition coefficient (Wildman–Crippen LogP) is 8.18. The number of aromatic nitrogens is 2. The van der Waals surface area contributed by atoms with Gasteiger partial charge in [-0.05, 0) is 71.6 Å². The maximum absolute atomic E-state index is 11.8. The summed E-state index contributed by atoms with van der Waals surface area (Å²) < 4.78 is 76.6. The Kier molecular flexibility index (Phi) is 14.0. The molecule has 1 aliphatic heterocycles. The van der Waals surface area contributed by atoms with E-state index in [0.29, 0.717) is 10.4 Å². The third-order valence-electron chi connectivity index (χ3n) is 7.34. The van der Waals surface area contributed by atoms with Crippen LogP contribution in [0.2, 0.25) is 0 Å². The maximum atomic E-state index is 11.8. The largest absolute Gasteiger partial charge is 0.430 e. The Hall–Kier alpha value is -3.55. The molecule has 50 heavy (non-hydrogen) atoms. The summed E-state index contributed by atoms with van der Waals surface area (Å²) in [6.45, 7) is 13.3. The summed E-state index contributed by atoms with van der Waals surface area (Å²) in [5.74, 6) is 0. The minimum absolute atomic E-state index is 0. The van der Waals surface area contributed by atoms with E-state index < -0.39 is 20.2 Å². The van der Waals surface area contributed by atoms with Gasteiger partial charge in [0.05, 0.1) is 12.4 Å². The zero-order valence-corrected chi connectivity index (χ0v) is 32.0. The average Bonchev–Trinajstić information content (AvgIpc) is 3.77. The molecule has 0 aliphatic carbocycles. The van der Waals surface area contributed by atoms with E-state index in [4.69, 9.17) is 8.83 Å². The van der Waals surface area contributed by atoms with E-state index in [0.717, 1.165) is 50.3 Å². The van der Waals surface area contributed by atoms with Crippen molar-refractivity contribution in [1.29, 1.82) is 0 Å². The first kappa shape index (κ1) is 40.9. The van der Waals surface area contributed by atoms with Crippen LogP contribution in [0.4, 0.5) is 34.8 Å². The van der Waals surface area contributed by atoms with Crippen LogP contribution in [-0.2, 0) is 42.1 Å². The monoisotopic (exact) mass is 838 g/mol. The number of azo groups is 2. The van der Waals surface area contributed by atoms with Crippen LogP contribution in [0, 0.1) is 0 Å². The molecule has 0 fully saturated rings. The quantitative estimate of drug-likeness (QED) is 0.0784. The van der Waals surface area contributed by atoms with Crippen molar-refractivity contribution in [3.8, 4) is 0 Å². The Bertz CT molecular complexity index is 2030. The standard InChI is InChI=1S/C15H19BrN4O4S.C15H18N4O4S.Ni/c1-3-7-20(8-4-2)11-5-6-12(13(9-11)25(21,22)23)18-19-15-17-10-14(16)24-15;1-4-19-9-15(2,3)10-7-11(17-18-14-16-5-6-23-14)13(8-12(10)19)24(20,21)22;/h5-6,9-10H,3-4,7-8H2,1-2H3,(H,21,22,23);5-8H,4,9H2,1-3H3,(H,20,21,22);. The van der Waals surface area contributed by atoms with Crippen LogP contribution in [0.25, 0.3) is 0 Å². The van der Waals surface area contributed by atoms with Crippen LogP contribution in [0.5, 0.6) is 0 Å². The molecule has 0 bridgehead atoms. The number of nitrogens with zero attached hydrogens (tertiary/aromatic N) is 8. The van der Waals surface area contributed by atoms with Crippen molar-refractivity contribution < 1.29 is 51.3 Å². The molecule has 2 aromatic heterocycles. The first-order chi connectivity index (χ1) is 23.1. The number of likely N-dealkylation sites (N-methyl/N-ethyl adjacent to an activating group) is 1. The zero-order valence-electron chi connectivity index (χ0n) is 27.8. The molecule has 2 N–H and O–H groups in total. The van der Waals surface area contributed by atoms with Crippen molar-refractivity contribution in [2.45, 2.75) is 62.7 Å². The molecule has 0 atom stereocenters. The van der Waals surface area contributed by atoms with Gasteiger partial charge in [0.15, 0.2) is 4.67 Å². The van der Waals surface area contributed by atoms with Crippen LogP contribution >= 0.6 is 15.9 Å². The molecule has 0 spiro atoms. The molecular weight excluding hydrogens is 803 g/mol. The van der Waals surface area contributed by atoms with E-state index >= 15 is 0 Å². The molecular formula is C30H37BrN8NiO8S2. The molecule has 3 heterocycles. The summed E-state index contributed by atoms with van der Waals surface area (Å²) in [5.41, 5.74) is 2.34. The first-order valence-corrected chi connectivity index (χ1v) is 18.9. The molecule has 0 saturated carbocycles. The Morgan fingerprint density at radius 2 is 1.52 bits per heavy atom. The minimum Gasteiger partial charge on any atom is -0.430 e. The average molecular weight is 840 g/mol. The van der Waals surface area contributed by atoms with E-state index in [1.54, 1.807) is 12.1 Å². The number of hydrogen-bond acceptors (Lipinski definition) is 14. The zero-order chi connectivity index (χ0) is 36.0. The van der Waals surface area contributed by atoms with E-state index in [1.807, 2.05) is 20.8 Å². The molecule has 4 aromatic rings. The van der Waals surface area contributed by atoms with Crippen LogP contribution in [0.1, 0.15) is 53.0 Å². The normalized spacial score (nSPS) is 14.0. The molecule has 274 valence electrons. The van der Waals surface area contributed by atoms with Gasteiger partial charge in [-0.3, -0.25) is 9.11 Å². The number of fused-ring (bicyclic) bond motifs is 1. The summed E-state index contributed by atoms with van der Waals surface area (Å²) >= 11 is 3.09. The van der Waals surface area contributed by atoms with Crippen molar-refractivity contribution in [3.05, 3.63) is 59.2 Å². The van der Waals surface area contributed by atoms with Crippen molar-refractivity contribution >= 4 is 70.9 Å². The Morgan fingerprint density at radius 1 is 0.900 bits per heavy atom. The molecule has 5 rings (SSSR count). The predicted molar refractivity (Wildman–Crippen MR) is 185 cm³/mol. The Labute approximate surface area is 309 Å². The topological polar surface area (TPSA) is 217 Å². The van der Waals surface area contributed by atoms with Crippen LogP contribution in [0.3, 0.4) is 0 Å². The van der Waals surface area contributed by atoms with Gasteiger partial charge in [-0.2, -0.15) is 26.8 Å². The first-order valence-electron chi connectivity index (χ1n) is 15.2. The number of benzene rings is 2. The second-order valence-corrected chi connectivity index (χ2v) is 15.0. The summed E-state index contributed by atoms with van der Waals surface area (Å²) in [7, 11) is -8.91. The van der Waals surface area contributed by atoms with E-state index in [-0.39, 0.29) is 55.1 Å². The van der Waals surface area contributed by atoms with Gasteiger partial charge in [0.1, 0.15) is 27.4 Å². The maximum Gasteiger partial charge on any atom is 0.341 e. The Morgan fingerprint density at radius 3 is 2.06 bits per heavy atom. The minimum atomic E-state index is -4.46. The number of anilines is 2. The SMILES string of the molecule is CCCN(CCC)c1ccc(N=Nc2ncc(Br)o2)c(S(=O)(=O)O)c1.CCN1CC(C)(C)c2cc(N=Nc3ncco3)c(S(=O)(=O)O)cc21.[Ni]. The third-order valence-corrected chi connectivity index (χ3v) is 9.47. The fourth-order valence-electron chi connectivity index (χ4n) is 5.23. The third kappa shape index (κ3) is 10.3. The second-order valence-electron chi connectivity index (χ2n) is 11.5. The summed E-state index contributed by atoms with van der Waals surface area (Å²) in [5, 5.41) is 15.3. The number of hydrogen-bond donors (Lipinski definition) is 2. The van der Waals surface area contributed by atoms with Gasteiger partial charge in [-0.1, -0.05) is 37.9 Å². The van der Waals surface area contributed by atoms with Gasteiger partial charge in [-0.25, -0.2) is 0 Å². The summed E-state index contributed by atoms with van der Waals surface area (Å²) in [4.78, 5) is 11.2. The van der Waals surface area contributed by atoms with Crippen LogP contribution in [-0.4, -0.2) is 62.1 Å². The van der Waals surface area contributed by atoms with E-state index in [9.17, 15) is 25.9 Å². The van der Waals surface area contributed by atoms with Gasteiger partial charge < -0.3 is 18.6 Å². The van der Waals surface area contributed by atoms with Crippen LogP contribution in [0.15, 0.2) is 92.7 Å².